The zero-order valence-corrected chi connectivity index (χ0v) is 9.19. The summed E-state index contributed by atoms with van der Waals surface area (Å²) >= 11 is 0. The molecule has 0 N–H and O–H groups in total. The van der Waals surface area contributed by atoms with Crippen LogP contribution in [0.5, 0.6) is 6.01 Å². The summed E-state index contributed by atoms with van der Waals surface area (Å²) in [6, 6.07) is 2.36. The number of nitrogens with zero attached hydrogens (tertiary/aromatic N) is 2. The Morgan fingerprint density at radius 1 is 1.27 bits per heavy atom. The molecule has 1 atom stereocenters. The molecule has 0 radical (unpaired) electrons. The smallest absolute Gasteiger partial charge is 0.319 e. The zero-order valence-electron chi connectivity index (χ0n) is 9.19. The van der Waals surface area contributed by atoms with Crippen molar-refractivity contribution in [2.75, 3.05) is 6.61 Å². The van der Waals surface area contributed by atoms with Gasteiger partial charge >= 0.3 is 6.01 Å². The van der Waals surface area contributed by atoms with Crippen LogP contribution in [0.1, 0.15) is 30.7 Å². The van der Waals surface area contributed by atoms with Gasteiger partial charge in [0.15, 0.2) is 0 Å². The van der Waals surface area contributed by atoms with E-state index in [0.717, 1.165) is 37.3 Å². The molecule has 0 aromatic carbocycles. The lowest BCUT2D eigenvalue weighted by molar-refractivity contribution is -0.110. The SMILES string of the molecule is Cc1cc(C)nc(O[C@H]2CCCCO2)n1. The Morgan fingerprint density at radius 3 is 2.60 bits per heavy atom. The fourth-order valence-electron chi connectivity index (χ4n) is 1.67. The highest BCUT2D eigenvalue weighted by Crippen LogP contribution is 2.16. The van der Waals surface area contributed by atoms with E-state index in [1.807, 2.05) is 19.9 Å². The van der Waals surface area contributed by atoms with Crippen LogP contribution in [0.25, 0.3) is 0 Å². The topological polar surface area (TPSA) is 44.2 Å². The van der Waals surface area contributed by atoms with Crippen LogP contribution in [0.3, 0.4) is 0 Å². The second-order valence-corrected chi connectivity index (χ2v) is 3.85. The highest BCUT2D eigenvalue weighted by Gasteiger charge is 2.16. The third-order valence-corrected chi connectivity index (χ3v) is 2.34. The van der Waals surface area contributed by atoms with Crippen LogP contribution in [0.4, 0.5) is 0 Å². The lowest BCUT2D eigenvalue weighted by atomic mass is 10.2. The van der Waals surface area contributed by atoms with Crippen molar-refractivity contribution in [3.63, 3.8) is 0 Å². The largest absolute Gasteiger partial charge is 0.434 e. The fourth-order valence-corrected chi connectivity index (χ4v) is 1.67. The van der Waals surface area contributed by atoms with E-state index in [0.29, 0.717) is 6.01 Å². The molecule has 0 saturated carbocycles. The number of ether oxygens (including phenoxy) is 2. The van der Waals surface area contributed by atoms with Crippen molar-refractivity contribution in [2.24, 2.45) is 0 Å². The Kier molecular flexibility index (Phi) is 3.16. The second-order valence-electron chi connectivity index (χ2n) is 3.85. The molecular formula is C11H16N2O2. The van der Waals surface area contributed by atoms with Crippen LogP contribution >= 0.6 is 0 Å². The zero-order chi connectivity index (χ0) is 10.7. The molecule has 1 aromatic rings. The molecule has 1 aromatic heterocycles. The van der Waals surface area contributed by atoms with E-state index >= 15 is 0 Å². The van der Waals surface area contributed by atoms with Crippen LogP contribution in [0.15, 0.2) is 6.07 Å². The van der Waals surface area contributed by atoms with Gasteiger partial charge in [0.05, 0.1) is 6.61 Å². The normalized spacial score (nSPS) is 21.3. The third-order valence-electron chi connectivity index (χ3n) is 2.34. The number of hydrogen-bond acceptors (Lipinski definition) is 4. The van der Waals surface area contributed by atoms with E-state index < -0.39 is 0 Å². The van der Waals surface area contributed by atoms with Crippen molar-refractivity contribution >= 4 is 0 Å². The molecule has 0 amide bonds. The van der Waals surface area contributed by atoms with Crippen LogP contribution in [0, 0.1) is 13.8 Å². The average molecular weight is 208 g/mol. The summed E-state index contributed by atoms with van der Waals surface area (Å²) in [6.45, 7) is 4.64. The van der Waals surface area contributed by atoms with Gasteiger partial charge in [-0.1, -0.05) is 0 Å². The first-order valence-electron chi connectivity index (χ1n) is 5.34. The average Bonchev–Trinajstić information content (AvgIpc) is 2.17. The Labute approximate surface area is 89.6 Å². The third kappa shape index (κ3) is 2.89. The first-order valence-corrected chi connectivity index (χ1v) is 5.34. The summed E-state index contributed by atoms with van der Waals surface area (Å²) in [7, 11) is 0. The fraction of sp³-hybridized carbons (Fsp3) is 0.636. The van der Waals surface area contributed by atoms with Crippen LogP contribution in [-0.2, 0) is 4.74 Å². The quantitative estimate of drug-likeness (QED) is 0.745. The minimum Gasteiger partial charge on any atom is -0.434 e. The lowest BCUT2D eigenvalue weighted by Gasteiger charge is -2.22. The van der Waals surface area contributed by atoms with Crippen molar-refractivity contribution in [3.8, 4) is 6.01 Å². The van der Waals surface area contributed by atoms with E-state index in [1.165, 1.54) is 0 Å². The monoisotopic (exact) mass is 208 g/mol. The standard InChI is InChI=1S/C11H16N2O2/c1-8-7-9(2)13-11(12-8)15-10-5-3-4-6-14-10/h7,10H,3-6H2,1-2H3/t10-/m0/s1. The maximum atomic E-state index is 5.57. The molecule has 2 heterocycles. The molecule has 0 unspecified atom stereocenters. The molecule has 0 aliphatic carbocycles. The van der Waals surface area contributed by atoms with E-state index in [1.54, 1.807) is 0 Å². The van der Waals surface area contributed by atoms with E-state index in [2.05, 4.69) is 9.97 Å². The Hall–Kier alpha value is -1.16. The number of hydrogen-bond donors (Lipinski definition) is 0. The van der Waals surface area contributed by atoms with Gasteiger partial charge in [-0.25, -0.2) is 9.97 Å². The molecular weight excluding hydrogens is 192 g/mol. The van der Waals surface area contributed by atoms with Crippen LogP contribution in [0.2, 0.25) is 0 Å². The maximum absolute atomic E-state index is 5.57. The van der Waals surface area contributed by atoms with Crippen LogP contribution in [-0.4, -0.2) is 22.9 Å². The van der Waals surface area contributed by atoms with E-state index in [4.69, 9.17) is 9.47 Å². The predicted octanol–water partition coefficient (Wildman–Crippen LogP) is 2.00. The highest BCUT2D eigenvalue weighted by molar-refractivity contribution is 5.11. The van der Waals surface area contributed by atoms with E-state index in [9.17, 15) is 0 Å². The van der Waals surface area contributed by atoms with Crippen molar-refractivity contribution < 1.29 is 9.47 Å². The Morgan fingerprint density at radius 2 is 2.00 bits per heavy atom. The van der Waals surface area contributed by atoms with Crippen LogP contribution < -0.4 is 4.74 Å². The first kappa shape index (κ1) is 10.4. The van der Waals surface area contributed by atoms with Gasteiger partial charge in [0.2, 0.25) is 6.29 Å². The molecule has 15 heavy (non-hydrogen) atoms. The number of rotatable bonds is 2. The minimum absolute atomic E-state index is 0.167. The molecule has 4 nitrogen and oxygen atoms in total. The highest BCUT2D eigenvalue weighted by atomic mass is 16.7. The molecule has 2 rings (SSSR count). The number of aryl methyl sites for hydroxylation is 2. The molecule has 0 bridgehead atoms. The van der Waals surface area contributed by atoms with Crippen molar-refractivity contribution in [1.29, 1.82) is 0 Å². The van der Waals surface area contributed by atoms with Crippen molar-refractivity contribution in [3.05, 3.63) is 17.5 Å². The van der Waals surface area contributed by atoms with Gasteiger partial charge in [-0.15, -0.1) is 0 Å². The van der Waals surface area contributed by atoms with Gasteiger partial charge in [0.1, 0.15) is 0 Å². The second kappa shape index (κ2) is 4.57. The Bertz CT molecular complexity index is 315. The Balaban J connectivity index is 2.02. The van der Waals surface area contributed by atoms with Gasteiger partial charge in [0, 0.05) is 17.8 Å². The van der Waals surface area contributed by atoms with Gasteiger partial charge in [-0.2, -0.15) is 0 Å². The molecule has 0 spiro atoms. The predicted molar refractivity (Wildman–Crippen MR) is 55.7 cm³/mol. The molecule has 82 valence electrons. The molecule has 1 fully saturated rings. The molecule has 1 aliphatic rings. The van der Waals surface area contributed by atoms with Gasteiger partial charge in [0.25, 0.3) is 0 Å². The van der Waals surface area contributed by atoms with E-state index in [-0.39, 0.29) is 6.29 Å². The van der Waals surface area contributed by atoms with Gasteiger partial charge < -0.3 is 9.47 Å². The molecule has 1 saturated heterocycles. The van der Waals surface area contributed by atoms with Crippen molar-refractivity contribution in [2.45, 2.75) is 39.4 Å². The van der Waals surface area contributed by atoms with Gasteiger partial charge in [-0.3, -0.25) is 0 Å². The minimum atomic E-state index is -0.167. The summed E-state index contributed by atoms with van der Waals surface area (Å²) in [6.07, 6.45) is 3.03. The molecule has 1 aliphatic heterocycles. The first-order chi connectivity index (χ1) is 7.24. The van der Waals surface area contributed by atoms with Crippen molar-refractivity contribution in [1.82, 2.24) is 9.97 Å². The maximum Gasteiger partial charge on any atom is 0.319 e. The summed E-state index contributed by atoms with van der Waals surface area (Å²) in [5.41, 5.74) is 1.85. The summed E-state index contributed by atoms with van der Waals surface area (Å²) < 4.78 is 11.0. The molecule has 4 heteroatoms. The van der Waals surface area contributed by atoms with Gasteiger partial charge in [-0.05, 0) is 32.8 Å². The lowest BCUT2D eigenvalue weighted by Crippen LogP contribution is -2.26. The number of aromatic nitrogens is 2. The summed E-state index contributed by atoms with van der Waals surface area (Å²) in [5.74, 6) is 0. The summed E-state index contributed by atoms with van der Waals surface area (Å²) in [4.78, 5) is 8.43. The summed E-state index contributed by atoms with van der Waals surface area (Å²) in [5, 5.41) is 0.